The molecule has 0 bridgehead atoms. The van der Waals surface area contributed by atoms with E-state index in [0.717, 1.165) is 46.5 Å². The van der Waals surface area contributed by atoms with Gasteiger partial charge in [0, 0.05) is 23.9 Å². The van der Waals surface area contributed by atoms with Crippen molar-refractivity contribution < 1.29 is 9.90 Å². The molecule has 2 aromatic heterocycles. The zero-order chi connectivity index (χ0) is 16.8. The van der Waals surface area contributed by atoms with Crippen molar-refractivity contribution in [2.45, 2.75) is 25.7 Å². The van der Waals surface area contributed by atoms with Gasteiger partial charge in [0.1, 0.15) is 17.0 Å². The Morgan fingerprint density at radius 3 is 2.75 bits per heavy atom. The Hall–Kier alpha value is -2.47. The first-order valence-corrected chi connectivity index (χ1v) is 8.87. The number of hydrogen-bond acceptors (Lipinski definition) is 5. The molecule has 6 heteroatoms. The Balaban J connectivity index is 1.72. The third kappa shape index (κ3) is 3.89. The lowest BCUT2D eigenvalue weighted by molar-refractivity contribution is -0.137. The molecular formula is C18H19N3O2S. The van der Waals surface area contributed by atoms with E-state index in [-0.39, 0.29) is 6.42 Å². The van der Waals surface area contributed by atoms with Crippen LogP contribution in [0.3, 0.4) is 0 Å². The molecule has 1 aromatic carbocycles. The second-order valence-corrected chi connectivity index (χ2v) is 6.41. The SMILES string of the molecule is O=C(O)CCCCCNc1ncnc2scc(-c3ccccc3)c12. The molecule has 2 heterocycles. The van der Waals surface area contributed by atoms with Crippen LogP contribution >= 0.6 is 11.3 Å². The molecule has 0 saturated carbocycles. The molecule has 0 aliphatic rings. The minimum absolute atomic E-state index is 0.237. The van der Waals surface area contributed by atoms with Crippen LogP contribution < -0.4 is 5.32 Å². The number of carboxylic acid groups (broad SMARTS) is 1. The molecule has 0 aliphatic carbocycles. The van der Waals surface area contributed by atoms with Crippen molar-refractivity contribution in [3.63, 3.8) is 0 Å². The molecule has 24 heavy (non-hydrogen) atoms. The first-order valence-electron chi connectivity index (χ1n) is 7.99. The highest BCUT2D eigenvalue weighted by Gasteiger charge is 2.12. The van der Waals surface area contributed by atoms with Gasteiger partial charge in [-0.25, -0.2) is 9.97 Å². The summed E-state index contributed by atoms with van der Waals surface area (Å²) in [7, 11) is 0. The standard InChI is InChI=1S/C18H19N3O2S/c22-15(23)9-5-2-6-10-19-17-16-14(13-7-3-1-4-8-13)11-24-18(16)21-12-20-17/h1,3-4,7-8,11-12H,2,5-6,9-10H2,(H,22,23)(H,19,20,21). The van der Waals surface area contributed by atoms with Crippen molar-refractivity contribution in [1.29, 1.82) is 0 Å². The summed E-state index contributed by atoms with van der Waals surface area (Å²) >= 11 is 1.62. The Kier molecular flexibility index (Phi) is 5.38. The number of rotatable bonds is 8. The topological polar surface area (TPSA) is 75.1 Å². The zero-order valence-electron chi connectivity index (χ0n) is 13.2. The number of hydrogen-bond donors (Lipinski definition) is 2. The van der Waals surface area contributed by atoms with Crippen LogP contribution in [0, 0.1) is 0 Å². The van der Waals surface area contributed by atoms with Crippen molar-refractivity contribution in [1.82, 2.24) is 9.97 Å². The second kappa shape index (κ2) is 7.88. The van der Waals surface area contributed by atoms with Crippen LogP contribution in [0.2, 0.25) is 0 Å². The van der Waals surface area contributed by atoms with Gasteiger partial charge < -0.3 is 10.4 Å². The first-order chi connectivity index (χ1) is 11.8. The maximum atomic E-state index is 10.5. The predicted molar refractivity (Wildman–Crippen MR) is 97.4 cm³/mol. The van der Waals surface area contributed by atoms with Gasteiger partial charge in [-0.05, 0) is 18.4 Å². The molecule has 0 atom stereocenters. The van der Waals surface area contributed by atoms with Crippen LogP contribution in [0.1, 0.15) is 25.7 Å². The lowest BCUT2D eigenvalue weighted by Crippen LogP contribution is -2.04. The summed E-state index contributed by atoms with van der Waals surface area (Å²) in [6, 6.07) is 10.2. The number of carbonyl (C=O) groups is 1. The van der Waals surface area contributed by atoms with Crippen molar-refractivity contribution in [2.24, 2.45) is 0 Å². The molecule has 0 unspecified atom stereocenters. The fourth-order valence-corrected chi connectivity index (χ4v) is 3.54. The number of unbranched alkanes of at least 4 members (excludes halogenated alkanes) is 2. The van der Waals surface area contributed by atoms with Gasteiger partial charge in [-0.3, -0.25) is 4.79 Å². The molecular weight excluding hydrogens is 322 g/mol. The van der Waals surface area contributed by atoms with Crippen LogP contribution in [0.5, 0.6) is 0 Å². The maximum absolute atomic E-state index is 10.5. The maximum Gasteiger partial charge on any atom is 0.303 e. The van der Waals surface area contributed by atoms with Gasteiger partial charge in [-0.1, -0.05) is 36.8 Å². The van der Waals surface area contributed by atoms with Gasteiger partial charge in [-0.2, -0.15) is 0 Å². The van der Waals surface area contributed by atoms with Crippen molar-refractivity contribution >= 4 is 33.3 Å². The fourth-order valence-electron chi connectivity index (χ4n) is 2.62. The van der Waals surface area contributed by atoms with Gasteiger partial charge in [-0.15, -0.1) is 11.3 Å². The number of anilines is 1. The van der Waals surface area contributed by atoms with Crippen LogP contribution in [0.4, 0.5) is 5.82 Å². The van der Waals surface area contributed by atoms with Gasteiger partial charge >= 0.3 is 5.97 Å². The van der Waals surface area contributed by atoms with E-state index in [9.17, 15) is 4.79 Å². The van der Waals surface area contributed by atoms with Crippen LogP contribution in [0.25, 0.3) is 21.3 Å². The average molecular weight is 341 g/mol. The molecule has 0 aliphatic heterocycles. The van der Waals surface area contributed by atoms with E-state index in [0.29, 0.717) is 6.42 Å². The molecule has 2 N–H and O–H groups in total. The summed E-state index contributed by atoms with van der Waals surface area (Å²) in [5, 5.41) is 15.2. The quantitative estimate of drug-likeness (QED) is 0.593. The van der Waals surface area contributed by atoms with E-state index < -0.39 is 5.97 Å². The highest BCUT2D eigenvalue weighted by atomic mass is 32.1. The van der Waals surface area contributed by atoms with E-state index >= 15 is 0 Å². The molecule has 124 valence electrons. The molecule has 0 radical (unpaired) electrons. The minimum atomic E-state index is -0.730. The minimum Gasteiger partial charge on any atom is -0.481 e. The Morgan fingerprint density at radius 1 is 1.12 bits per heavy atom. The largest absolute Gasteiger partial charge is 0.481 e. The number of benzene rings is 1. The van der Waals surface area contributed by atoms with Gasteiger partial charge in [0.05, 0.1) is 5.39 Å². The van der Waals surface area contributed by atoms with E-state index in [4.69, 9.17) is 5.11 Å². The molecule has 5 nitrogen and oxygen atoms in total. The molecule has 3 rings (SSSR count). The number of fused-ring (bicyclic) bond motifs is 1. The smallest absolute Gasteiger partial charge is 0.303 e. The summed E-state index contributed by atoms with van der Waals surface area (Å²) in [5.74, 6) is 0.115. The van der Waals surface area contributed by atoms with Crippen LogP contribution in [-0.2, 0) is 4.79 Å². The van der Waals surface area contributed by atoms with Gasteiger partial charge in [0.2, 0.25) is 0 Å². The zero-order valence-corrected chi connectivity index (χ0v) is 14.1. The third-order valence-corrected chi connectivity index (χ3v) is 4.70. The Morgan fingerprint density at radius 2 is 1.96 bits per heavy atom. The number of carboxylic acids is 1. The Bertz CT molecular complexity index is 818. The van der Waals surface area contributed by atoms with Gasteiger partial charge in [0.15, 0.2) is 0 Å². The highest BCUT2D eigenvalue weighted by Crippen LogP contribution is 2.36. The van der Waals surface area contributed by atoms with E-state index in [1.54, 1.807) is 17.7 Å². The normalized spacial score (nSPS) is 10.8. The van der Waals surface area contributed by atoms with E-state index in [2.05, 4.69) is 32.8 Å². The lowest BCUT2D eigenvalue weighted by atomic mass is 10.1. The summed E-state index contributed by atoms with van der Waals surface area (Å²) in [5.41, 5.74) is 2.30. The van der Waals surface area contributed by atoms with Crippen LogP contribution in [0.15, 0.2) is 42.0 Å². The second-order valence-electron chi connectivity index (χ2n) is 5.55. The molecule has 0 spiro atoms. The molecule has 0 fully saturated rings. The third-order valence-electron chi connectivity index (χ3n) is 3.81. The van der Waals surface area contributed by atoms with Crippen molar-refractivity contribution in [2.75, 3.05) is 11.9 Å². The summed E-state index contributed by atoms with van der Waals surface area (Å²) in [6.07, 6.45) is 4.34. The predicted octanol–water partition coefficient (Wildman–Crippen LogP) is 4.42. The first kappa shape index (κ1) is 16.4. The molecule has 0 saturated heterocycles. The fraction of sp³-hybridized carbons (Fsp3) is 0.278. The van der Waals surface area contributed by atoms with E-state index in [1.807, 2.05) is 18.2 Å². The number of thiophene rings is 1. The average Bonchev–Trinajstić information content (AvgIpc) is 3.03. The van der Waals surface area contributed by atoms with Gasteiger partial charge in [0.25, 0.3) is 0 Å². The molecule has 0 amide bonds. The van der Waals surface area contributed by atoms with Crippen LogP contribution in [-0.4, -0.2) is 27.6 Å². The molecule has 3 aromatic rings. The number of aliphatic carboxylic acids is 1. The lowest BCUT2D eigenvalue weighted by Gasteiger charge is -2.08. The number of nitrogens with one attached hydrogen (secondary N) is 1. The van der Waals surface area contributed by atoms with E-state index in [1.165, 1.54) is 0 Å². The summed E-state index contributed by atoms with van der Waals surface area (Å²) in [4.78, 5) is 20.2. The number of nitrogens with zero attached hydrogens (tertiary/aromatic N) is 2. The summed E-state index contributed by atoms with van der Waals surface area (Å²) in [6.45, 7) is 0.774. The summed E-state index contributed by atoms with van der Waals surface area (Å²) < 4.78 is 0. The van der Waals surface area contributed by atoms with Crippen molar-refractivity contribution in [3.8, 4) is 11.1 Å². The van der Waals surface area contributed by atoms with Crippen molar-refractivity contribution in [3.05, 3.63) is 42.0 Å². The number of aromatic nitrogens is 2. The Labute approximate surface area is 144 Å². The highest BCUT2D eigenvalue weighted by molar-refractivity contribution is 7.17. The monoisotopic (exact) mass is 341 g/mol.